The van der Waals surface area contributed by atoms with Gasteiger partial charge in [0.05, 0.1) is 5.71 Å². The van der Waals surface area contributed by atoms with Crippen LogP contribution in [0.1, 0.15) is 32.3 Å². The van der Waals surface area contributed by atoms with E-state index in [1.54, 1.807) is 26.1 Å². The fourth-order valence-corrected chi connectivity index (χ4v) is 1.96. The van der Waals surface area contributed by atoms with E-state index in [0.29, 0.717) is 18.5 Å². The quantitative estimate of drug-likeness (QED) is 0.266. The molecule has 1 unspecified atom stereocenters. The molecule has 0 aliphatic rings. The lowest BCUT2D eigenvalue weighted by Crippen LogP contribution is -2.34. The van der Waals surface area contributed by atoms with Crippen LogP contribution < -0.4 is 16.1 Å². The number of amides is 1. The number of hydrogen-bond donors (Lipinski definition) is 4. The Kier molecular flexibility index (Phi) is 7.45. The molecule has 1 rings (SSSR count). The summed E-state index contributed by atoms with van der Waals surface area (Å²) in [5.41, 5.74) is 5.12. The first-order chi connectivity index (χ1) is 11.0. The molecule has 1 amide bonds. The molecule has 0 saturated carbocycles. The fraction of sp³-hybridized carbons (Fsp3) is 0.375. The van der Waals surface area contributed by atoms with Crippen molar-refractivity contribution < 1.29 is 9.59 Å². The molecular formula is C16H23N5O2. The second-order valence-corrected chi connectivity index (χ2v) is 5.00. The van der Waals surface area contributed by atoms with Crippen LogP contribution in [0.2, 0.25) is 0 Å². The van der Waals surface area contributed by atoms with Gasteiger partial charge >= 0.3 is 0 Å². The molecule has 0 fully saturated rings. The summed E-state index contributed by atoms with van der Waals surface area (Å²) >= 11 is 0. The Morgan fingerprint density at radius 1 is 1.35 bits per heavy atom. The average Bonchev–Trinajstić information content (AvgIpc) is 2.53. The highest BCUT2D eigenvalue weighted by Crippen LogP contribution is 2.15. The Balaban J connectivity index is 2.81. The van der Waals surface area contributed by atoms with E-state index in [1.807, 2.05) is 19.1 Å². The molecule has 1 atom stereocenters. The lowest BCUT2D eigenvalue weighted by atomic mass is 9.96. The lowest BCUT2D eigenvalue weighted by Gasteiger charge is -2.14. The molecule has 1 aromatic rings. The molecule has 4 N–H and O–H groups in total. The van der Waals surface area contributed by atoms with Gasteiger partial charge in [-0.3, -0.25) is 15.5 Å². The molecule has 0 aliphatic carbocycles. The third-order valence-electron chi connectivity index (χ3n) is 3.18. The maximum Gasteiger partial charge on any atom is 0.226 e. The summed E-state index contributed by atoms with van der Waals surface area (Å²) in [5.74, 6) is -0.283. The van der Waals surface area contributed by atoms with E-state index in [2.05, 4.69) is 21.2 Å². The molecule has 7 nitrogen and oxygen atoms in total. The number of aldehydes is 1. The number of hydrazone groups is 1. The average molecular weight is 317 g/mol. The summed E-state index contributed by atoms with van der Waals surface area (Å²) in [5, 5.41) is 17.1. The molecule has 0 saturated heterocycles. The van der Waals surface area contributed by atoms with E-state index in [1.165, 1.54) is 0 Å². The van der Waals surface area contributed by atoms with Crippen LogP contribution in [0.4, 0.5) is 5.69 Å². The number of nitrogens with one attached hydrogen (secondary N) is 4. The normalized spacial score (nSPS) is 12.2. The van der Waals surface area contributed by atoms with Crippen LogP contribution in [0.3, 0.4) is 0 Å². The van der Waals surface area contributed by atoms with Crippen molar-refractivity contribution in [3.63, 3.8) is 0 Å². The van der Waals surface area contributed by atoms with Crippen molar-refractivity contribution in [1.82, 2.24) is 10.7 Å². The van der Waals surface area contributed by atoms with Gasteiger partial charge in [-0.25, -0.2) is 0 Å². The second-order valence-electron chi connectivity index (χ2n) is 5.00. The summed E-state index contributed by atoms with van der Waals surface area (Å²) in [6, 6.07) is 7.30. The zero-order chi connectivity index (χ0) is 17.2. The van der Waals surface area contributed by atoms with Crippen molar-refractivity contribution in [3.8, 4) is 0 Å². The molecule has 0 radical (unpaired) electrons. The number of benzene rings is 1. The molecule has 23 heavy (non-hydrogen) atoms. The number of anilines is 1. The minimum Gasteiger partial charge on any atom is -0.326 e. The Morgan fingerprint density at radius 2 is 2.00 bits per heavy atom. The highest BCUT2D eigenvalue weighted by molar-refractivity contribution is 6.04. The minimum absolute atomic E-state index is 0.000833. The van der Waals surface area contributed by atoms with Crippen LogP contribution in [0.25, 0.3) is 0 Å². The van der Waals surface area contributed by atoms with E-state index >= 15 is 0 Å². The van der Waals surface area contributed by atoms with Crippen LogP contribution in [0.5, 0.6) is 0 Å². The van der Waals surface area contributed by atoms with Crippen LogP contribution in [0, 0.1) is 11.3 Å². The minimum atomic E-state index is -0.217. The maximum absolute atomic E-state index is 11.2. The standard InChI is InChI=1S/C16H23N5O2/c1-4-14(23)20-16(17)19-13-7-5-12(6-8-13)15(21-18-3)11(2)9-10-22/h5-8,10-11,18H,4,9H2,1-3H3,(H3,17,19,20,23)/b21-15+. The molecular weight excluding hydrogens is 294 g/mol. The highest BCUT2D eigenvalue weighted by Gasteiger charge is 2.13. The summed E-state index contributed by atoms with van der Waals surface area (Å²) in [7, 11) is 1.71. The number of guanidine groups is 1. The van der Waals surface area contributed by atoms with Crippen molar-refractivity contribution >= 4 is 29.6 Å². The first kappa shape index (κ1) is 18.3. The maximum atomic E-state index is 11.2. The fourth-order valence-electron chi connectivity index (χ4n) is 1.96. The van der Waals surface area contributed by atoms with E-state index in [9.17, 15) is 9.59 Å². The number of carbonyl (C=O) groups excluding carboxylic acids is 2. The monoisotopic (exact) mass is 317 g/mol. The van der Waals surface area contributed by atoms with Gasteiger partial charge < -0.3 is 15.5 Å². The summed E-state index contributed by atoms with van der Waals surface area (Å²) in [6.07, 6.45) is 1.60. The molecule has 0 bridgehead atoms. The van der Waals surface area contributed by atoms with Crippen molar-refractivity contribution in [2.24, 2.45) is 11.0 Å². The predicted octanol–water partition coefficient (Wildman–Crippen LogP) is 1.71. The summed E-state index contributed by atoms with van der Waals surface area (Å²) in [4.78, 5) is 21.9. The zero-order valence-corrected chi connectivity index (χ0v) is 13.6. The first-order valence-electron chi connectivity index (χ1n) is 7.45. The van der Waals surface area contributed by atoms with E-state index < -0.39 is 0 Å². The highest BCUT2D eigenvalue weighted by atomic mass is 16.1. The third-order valence-corrected chi connectivity index (χ3v) is 3.18. The Labute approximate surface area is 136 Å². The second kappa shape index (κ2) is 9.34. The van der Waals surface area contributed by atoms with Gasteiger partial charge in [-0.15, -0.1) is 0 Å². The topological polar surface area (TPSA) is 106 Å². The van der Waals surface area contributed by atoms with Gasteiger partial charge in [0.15, 0.2) is 5.96 Å². The van der Waals surface area contributed by atoms with E-state index in [-0.39, 0.29) is 17.8 Å². The van der Waals surface area contributed by atoms with Gasteiger partial charge in [-0.1, -0.05) is 26.0 Å². The van der Waals surface area contributed by atoms with Crippen LogP contribution in [0.15, 0.2) is 29.4 Å². The van der Waals surface area contributed by atoms with Crippen molar-refractivity contribution in [3.05, 3.63) is 29.8 Å². The third kappa shape index (κ3) is 5.90. The summed E-state index contributed by atoms with van der Waals surface area (Å²) in [6.45, 7) is 3.66. The molecule has 124 valence electrons. The van der Waals surface area contributed by atoms with Crippen molar-refractivity contribution in [2.75, 3.05) is 12.4 Å². The van der Waals surface area contributed by atoms with Gasteiger partial charge in [0.1, 0.15) is 6.29 Å². The predicted molar refractivity (Wildman–Crippen MR) is 91.7 cm³/mol. The van der Waals surface area contributed by atoms with Crippen molar-refractivity contribution in [1.29, 1.82) is 5.41 Å². The molecule has 0 spiro atoms. The number of nitrogens with zero attached hydrogens (tertiary/aromatic N) is 1. The van der Waals surface area contributed by atoms with Crippen LogP contribution >= 0.6 is 0 Å². The van der Waals surface area contributed by atoms with Crippen LogP contribution in [-0.2, 0) is 9.59 Å². The van der Waals surface area contributed by atoms with Gasteiger partial charge in [0.25, 0.3) is 0 Å². The Hall–Kier alpha value is -2.70. The van der Waals surface area contributed by atoms with E-state index in [4.69, 9.17) is 5.41 Å². The van der Waals surface area contributed by atoms with Crippen LogP contribution in [-0.4, -0.2) is 30.9 Å². The molecule has 1 aromatic carbocycles. The molecule has 0 aromatic heterocycles. The largest absolute Gasteiger partial charge is 0.326 e. The SMILES string of the molecule is CCC(=O)NC(=N)Nc1ccc(/C(=N/NC)C(C)CC=O)cc1. The van der Waals surface area contributed by atoms with Gasteiger partial charge in [0, 0.05) is 31.5 Å². The molecule has 0 aliphatic heterocycles. The summed E-state index contributed by atoms with van der Waals surface area (Å²) < 4.78 is 0. The molecule has 0 heterocycles. The van der Waals surface area contributed by atoms with E-state index in [0.717, 1.165) is 17.6 Å². The lowest BCUT2D eigenvalue weighted by molar-refractivity contribution is -0.119. The molecule has 7 heteroatoms. The zero-order valence-electron chi connectivity index (χ0n) is 13.6. The van der Waals surface area contributed by atoms with Gasteiger partial charge in [-0.05, 0) is 17.7 Å². The van der Waals surface area contributed by atoms with Gasteiger partial charge in [0.2, 0.25) is 5.91 Å². The number of carbonyl (C=O) groups is 2. The van der Waals surface area contributed by atoms with Crippen molar-refractivity contribution in [2.45, 2.75) is 26.7 Å². The number of hydrogen-bond acceptors (Lipinski definition) is 5. The van der Waals surface area contributed by atoms with Gasteiger partial charge in [-0.2, -0.15) is 5.10 Å². The smallest absolute Gasteiger partial charge is 0.226 e. The number of rotatable bonds is 7. The Morgan fingerprint density at radius 3 is 2.52 bits per heavy atom. The Bertz CT molecular complexity index is 581. The first-order valence-corrected chi connectivity index (χ1v) is 7.45.